The molecule has 76 valence electrons. The second-order valence-corrected chi connectivity index (χ2v) is 4.39. The molecule has 0 radical (unpaired) electrons. The minimum absolute atomic E-state index is 0.662. The lowest BCUT2D eigenvalue weighted by molar-refractivity contribution is 0.0914. The third kappa shape index (κ3) is 5.27. The Balaban J connectivity index is 4.03. The monoisotopic (exact) mass is 246 g/mol. The molecule has 0 saturated heterocycles. The molecule has 1 nitrogen and oxygen atoms in total. The van der Waals surface area contributed by atoms with Crippen molar-refractivity contribution < 1.29 is 5.11 Å². The first kappa shape index (κ1) is 12.9. The maximum absolute atomic E-state index is 9.94. The SMILES string of the molecule is C=C(CBr)C(C)(O)CCC=C(C)C. The van der Waals surface area contributed by atoms with Gasteiger partial charge in [-0.15, -0.1) is 0 Å². The van der Waals surface area contributed by atoms with Crippen LogP contribution in [0.5, 0.6) is 0 Å². The molecular formula is C11H19BrO. The fourth-order valence-electron chi connectivity index (χ4n) is 0.963. The summed E-state index contributed by atoms with van der Waals surface area (Å²) in [6.07, 6.45) is 3.78. The minimum Gasteiger partial charge on any atom is -0.386 e. The normalized spacial score (nSPS) is 14.8. The second kappa shape index (κ2) is 5.61. The Kier molecular flexibility index (Phi) is 5.57. The summed E-state index contributed by atoms with van der Waals surface area (Å²) in [4.78, 5) is 0. The van der Waals surface area contributed by atoms with Gasteiger partial charge < -0.3 is 5.11 Å². The average Bonchev–Trinajstić information content (AvgIpc) is 2.01. The molecular weight excluding hydrogens is 228 g/mol. The van der Waals surface area contributed by atoms with E-state index in [1.165, 1.54) is 5.57 Å². The zero-order chi connectivity index (χ0) is 10.5. The molecule has 0 fully saturated rings. The van der Waals surface area contributed by atoms with Crippen LogP contribution in [-0.2, 0) is 0 Å². The number of hydrogen-bond donors (Lipinski definition) is 1. The van der Waals surface area contributed by atoms with E-state index in [2.05, 4.69) is 42.4 Å². The predicted molar refractivity (Wildman–Crippen MR) is 62.2 cm³/mol. The topological polar surface area (TPSA) is 20.2 Å². The lowest BCUT2D eigenvalue weighted by Gasteiger charge is -2.24. The van der Waals surface area contributed by atoms with E-state index in [-0.39, 0.29) is 0 Å². The van der Waals surface area contributed by atoms with E-state index in [1.807, 2.05) is 6.92 Å². The Morgan fingerprint density at radius 2 is 2.08 bits per heavy atom. The molecule has 0 aliphatic heterocycles. The van der Waals surface area contributed by atoms with Crippen LogP contribution in [0.15, 0.2) is 23.8 Å². The molecule has 0 aliphatic carbocycles. The lowest BCUT2D eigenvalue weighted by atomic mass is 9.93. The van der Waals surface area contributed by atoms with Crippen molar-refractivity contribution in [2.24, 2.45) is 0 Å². The Bertz CT molecular complexity index is 200. The van der Waals surface area contributed by atoms with Crippen molar-refractivity contribution in [1.29, 1.82) is 0 Å². The molecule has 0 aromatic rings. The molecule has 13 heavy (non-hydrogen) atoms. The Labute approximate surface area is 89.7 Å². The smallest absolute Gasteiger partial charge is 0.0837 e. The standard InChI is InChI=1S/C11H19BrO/c1-9(2)6-5-7-11(4,13)10(3)8-12/h6,13H,3,5,7-8H2,1-2,4H3. The summed E-state index contributed by atoms with van der Waals surface area (Å²) < 4.78 is 0. The van der Waals surface area contributed by atoms with Crippen LogP contribution in [0.4, 0.5) is 0 Å². The molecule has 1 atom stereocenters. The van der Waals surface area contributed by atoms with Gasteiger partial charge in [0.2, 0.25) is 0 Å². The number of rotatable bonds is 5. The van der Waals surface area contributed by atoms with Crippen molar-refractivity contribution >= 4 is 15.9 Å². The maximum Gasteiger partial charge on any atom is 0.0837 e. The van der Waals surface area contributed by atoms with Gasteiger partial charge in [-0.3, -0.25) is 0 Å². The van der Waals surface area contributed by atoms with E-state index in [9.17, 15) is 5.11 Å². The van der Waals surface area contributed by atoms with Crippen molar-refractivity contribution in [2.75, 3.05) is 5.33 Å². The van der Waals surface area contributed by atoms with Crippen molar-refractivity contribution in [2.45, 2.75) is 39.2 Å². The first-order valence-corrected chi connectivity index (χ1v) is 5.62. The van der Waals surface area contributed by atoms with Gasteiger partial charge in [0.25, 0.3) is 0 Å². The molecule has 1 N–H and O–H groups in total. The highest BCUT2D eigenvalue weighted by Gasteiger charge is 2.21. The summed E-state index contributed by atoms with van der Waals surface area (Å²) in [5.74, 6) is 0. The van der Waals surface area contributed by atoms with E-state index < -0.39 is 5.60 Å². The number of aliphatic hydroxyl groups is 1. The van der Waals surface area contributed by atoms with Gasteiger partial charge in [0.05, 0.1) is 5.60 Å². The Morgan fingerprint density at radius 3 is 2.46 bits per heavy atom. The van der Waals surface area contributed by atoms with Crippen LogP contribution < -0.4 is 0 Å². The second-order valence-electron chi connectivity index (χ2n) is 3.83. The fourth-order valence-corrected chi connectivity index (χ4v) is 1.57. The largest absolute Gasteiger partial charge is 0.386 e. The van der Waals surface area contributed by atoms with Crippen molar-refractivity contribution in [1.82, 2.24) is 0 Å². The Hall–Kier alpha value is -0.0800. The third-order valence-electron chi connectivity index (χ3n) is 2.11. The molecule has 0 aromatic heterocycles. The van der Waals surface area contributed by atoms with Crippen LogP contribution in [0, 0.1) is 0 Å². The van der Waals surface area contributed by atoms with E-state index in [4.69, 9.17) is 0 Å². The highest BCUT2D eigenvalue weighted by molar-refractivity contribution is 9.09. The van der Waals surface area contributed by atoms with Gasteiger partial charge >= 0.3 is 0 Å². The minimum atomic E-state index is -0.741. The van der Waals surface area contributed by atoms with E-state index in [0.29, 0.717) is 5.33 Å². The van der Waals surface area contributed by atoms with Gasteiger partial charge in [-0.1, -0.05) is 34.2 Å². The van der Waals surface area contributed by atoms with Crippen molar-refractivity contribution in [3.8, 4) is 0 Å². The van der Waals surface area contributed by atoms with Gasteiger partial charge in [0, 0.05) is 5.33 Å². The fraction of sp³-hybridized carbons (Fsp3) is 0.636. The summed E-state index contributed by atoms with van der Waals surface area (Å²) in [5, 5.41) is 10.6. The van der Waals surface area contributed by atoms with Crippen LogP contribution in [0.3, 0.4) is 0 Å². The van der Waals surface area contributed by atoms with Gasteiger partial charge in [-0.2, -0.15) is 0 Å². The molecule has 0 spiro atoms. The number of allylic oxidation sites excluding steroid dienone is 2. The predicted octanol–water partition coefficient (Wildman–Crippen LogP) is 3.43. The highest BCUT2D eigenvalue weighted by Crippen LogP contribution is 2.22. The summed E-state index contributed by atoms with van der Waals surface area (Å²) in [7, 11) is 0. The molecule has 0 bridgehead atoms. The number of halogens is 1. The maximum atomic E-state index is 9.94. The van der Waals surface area contributed by atoms with E-state index >= 15 is 0 Å². The van der Waals surface area contributed by atoms with Gasteiger partial charge in [-0.05, 0) is 39.2 Å². The van der Waals surface area contributed by atoms with Crippen molar-refractivity contribution in [3.63, 3.8) is 0 Å². The van der Waals surface area contributed by atoms with Gasteiger partial charge in [0.1, 0.15) is 0 Å². The van der Waals surface area contributed by atoms with Crippen molar-refractivity contribution in [3.05, 3.63) is 23.8 Å². The first-order chi connectivity index (χ1) is 5.90. The van der Waals surface area contributed by atoms with E-state index in [0.717, 1.165) is 18.4 Å². The molecule has 0 amide bonds. The van der Waals surface area contributed by atoms with Crippen LogP contribution in [0.2, 0.25) is 0 Å². The third-order valence-corrected chi connectivity index (χ3v) is 2.78. The number of alkyl halides is 1. The zero-order valence-electron chi connectivity index (χ0n) is 8.73. The molecule has 0 rings (SSSR count). The lowest BCUT2D eigenvalue weighted by Crippen LogP contribution is -2.26. The van der Waals surface area contributed by atoms with E-state index in [1.54, 1.807) is 0 Å². The summed E-state index contributed by atoms with van der Waals surface area (Å²) in [5.41, 5.74) is 1.39. The van der Waals surface area contributed by atoms with Crippen LogP contribution in [-0.4, -0.2) is 16.0 Å². The molecule has 0 saturated carbocycles. The van der Waals surface area contributed by atoms with Crippen LogP contribution in [0.1, 0.15) is 33.6 Å². The van der Waals surface area contributed by atoms with Crippen LogP contribution >= 0.6 is 15.9 Å². The summed E-state index contributed by atoms with van der Waals surface area (Å²) in [6.45, 7) is 9.77. The molecule has 0 heterocycles. The quantitative estimate of drug-likeness (QED) is 0.582. The Morgan fingerprint density at radius 1 is 1.54 bits per heavy atom. The molecule has 1 unspecified atom stereocenters. The highest BCUT2D eigenvalue weighted by atomic mass is 79.9. The molecule has 0 aromatic carbocycles. The van der Waals surface area contributed by atoms with Gasteiger partial charge in [-0.25, -0.2) is 0 Å². The average molecular weight is 247 g/mol. The molecule has 0 aliphatic rings. The number of hydrogen-bond acceptors (Lipinski definition) is 1. The summed E-state index contributed by atoms with van der Waals surface area (Å²) >= 11 is 3.30. The van der Waals surface area contributed by atoms with Crippen LogP contribution in [0.25, 0.3) is 0 Å². The molecule has 2 heteroatoms. The van der Waals surface area contributed by atoms with Gasteiger partial charge in [0.15, 0.2) is 0 Å². The first-order valence-electron chi connectivity index (χ1n) is 4.50. The summed E-state index contributed by atoms with van der Waals surface area (Å²) in [6, 6.07) is 0. The zero-order valence-corrected chi connectivity index (χ0v) is 10.3.